The standard InChI is InChI=1S/C16H19FN4O2/c17-12-4-5-13(18-9-12)21-7-1-6-16(22,10-21)8-14-19-15(20-23-14)11-2-3-11/h4-5,9,11,22H,1-3,6-8,10H2. The van der Waals surface area contributed by atoms with E-state index in [-0.39, 0.29) is 5.82 Å². The number of nitrogens with zero attached hydrogens (tertiary/aromatic N) is 4. The minimum Gasteiger partial charge on any atom is -0.388 e. The number of piperidine rings is 1. The summed E-state index contributed by atoms with van der Waals surface area (Å²) in [7, 11) is 0. The van der Waals surface area contributed by atoms with Crippen LogP contribution < -0.4 is 4.90 Å². The van der Waals surface area contributed by atoms with Crippen LogP contribution in [0.5, 0.6) is 0 Å². The van der Waals surface area contributed by atoms with E-state index in [1.807, 2.05) is 4.90 Å². The third-order valence-electron chi connectivity index (χ3n) is 4.50. The van der Waals surface area contributed by atoms with Crippen molar-refractivity contribution >= 4 is 5.82 Å². The first-order valence-electron chi connectivity index (χ1n) is 8.03. The molecule has 1 saturated heterocycles. The van der Waals surface area contributed by atoms with Crippen molar-refractivity contribution in [3.05, 3.63) is 35.9 Å². The summed E-state index contributed by atoms with van der Waals surface area (Å²) in [6, 6.07) is 3.02. The summed E-state index contributed by atoms with van der Waals surface area (Å²) in [5.74, 6) is 2.00. The molecule has 1 atom stereocenters. The van der Waals surface area contributed by atoms with Gasteiger partial charge >= 0.3 is 0 Å². The zero-order valence-electron chi connectivity index (χ0n) is 12.8. The highest BCUT2D eigenvalue weighted by Crippen LogP contribution is 2.38. The van der Waals surface area contributed by atoms with Crippen LogP contribution in [0.3, 0.4) is 0 Å². The van der Waals surface area contributed by atoms with E-state index >= 15 is 0 Å². The van der Waals surface area contributed by atoms with Gasteiger partial charge in [-0.2, -0.15) is 4.98 Å². The predicted molar refractivity (Wildman–Crippen MR) is 80.6 cm³/mol. The van der Waals surface area contributed by atoms with Crippen LogP contribution in [-0.4, -0.2) is 38.9 Å². The maximum absolute atomic E-state index is 13.0. The van der Waals surface area contributed by atoms with Gasteiger partial charge in [-0.15, -0.1) is 0 Å². The van der Waals surface area contributed by atoms with Gasteiger partial charge < -0.3 is 14.5 Å². The van der Waals surface area contributed by atoms with Crippen molar-refractivity contribution in [1.82, 2.24) is 15.1 Å². The zero-order valence-corrected chi connectivity index (χ0v) is 12.8. The van der Waals surface area contributed by atoms with Gasteiger partial charge in [-0.25, -0.2) is 9.37 Å². The number of β-amino-alcohol motifs (C(OH)–C–C–N with tert-alkyl or cyclic N) is 1. The largest absolute Gasteiger partial charge is 0.388 e. The van der Waals surface area contributed by atoms with Gasteiger partial charge in [0, 0.05) is 19.0 Å². The van der Waals surface area contributed by atoms with Crippen LogP contribution in [0.4, 0.5) is 10.2 Å². The van der Waals surface area contributed by atoms with Gasteiger partial charge in [-0.1, -0.05) is 5.16 Å². The molecular weight excluding hydrogens is 299 g/mol. The Labute approximate surface area is 133 Å². The van der Waals surface area contributed by atoms with E-state index in [1.165, 1.54) is 12.3 Å². The van der Waals surface area contributed by atoms with Gasteiger partial charge in [0.05, 0.1) is 18.2 Å². The second kappa shape index (κ2) is 5.56. The molecule has 23 heavy (non-hydrogen) atoms. The summed E-state index contributed by atoms with van der Waals surface area (Å²) in [5, 5.41) is 14.9. The molecule has 2 aromatic rings. The summed E-state index contributed by atoms with van der Waals surface area (Å²) >= 11 is 0. The minimum atomic E-state index is -0.929. The Bertz CT molecular complexity index is 686. The molecule has 2 fully saturated rings. The molecule has 1 N–H and O–H groups in total. The van der Waals surface area contributed by atoms with Crippen molar-refractivity contribution in [2.24, 2.45) is 0 Å². The van der Waals surface area contributed by atoms with Crippen molar-refractivity contribution in [2.45, 2.75) is 43.6 Å². The molecule has 0 aromatic carbocycles. The van der Waals surface area contributed by atoms with Gasteiger partial charge in [0.15, 0.2) is 5.82 Å². The summed E-state index contributed by atoms with van der Waals surface area (Å²) in [4.78, 5) is 10.5. The lowest BCUT2D eigenvalue weighted by molar-refractivity contribution is 0.0191. The molecule has 7 heteroatoms. The fourth-order valence-electron chi connectivity index (χ4n) is 3.14. The van der Waals surface area contributed by atoms with E-state index in [9.17, 15) is 9.50 Å². The van der Waals surface area contributed by atoms with Gasteiger partial charge in [-0.05, 0) is 37.8 Å². The van der Waals surface area contributed by atoms with Crippen LogP contribution in [0.15, 0.2) is 22.9 Å². The Morgan fingerprint density at radius 1 is 1.39 bits per heavy atom. The number of rotatable bonds is 4. The Balaban J connectivity index is 1.46. The molecule has 1 unspecified atom stereocenters. The summed E-state index contributed by atoms with van der Waals surface area (Å²) in [6.45, 7) is 1.21. The van der Waals surface area contributed by atoms with E-state index < -0.39 is 5.60 Å². The maximum Gasteiger partial charge on any atom is 0.229 e. The van der Waals surface area contributed by atoms with E-state index in [0.29, 0.717) is 37.0 Å². The number of hydrogen-bond donors (Lipinski definition) is 1. The fourth-order valence-corrected chi connectivity index (χ4v) is 3.14. The lowest BCUT2D eigenvalue weighted by Gasteiger charge is -2.39. The molecule has 0 amide bonds. The van der Waals surface area contributed by atoms with E-state index in [1.54, 1.807) is 6.07 Å². The van der Waals surface area contributed by atoms with Gasteiger partial charge in [0.2, 0.25) is 5.89 Å². The first kappa shape index (κ1) is 14.6. The fraction of sp³-hybridized carbons (Fsp3) is 0.562. The highest BCUT2D eigenvalue weighted by atomic mass is 19.1. The Morgan fingerprint density at radius 2 is 2.26 bits per heavy atom. The number of hydrogen-bond acceptors (Lipinski definition) is 6. The van der Waals surface area contributed by atoms with E-state index in [2.05, 4.69) is 15.1 Å². The molecule has 4 rings (SSSR count). The van der Waals surface area contributed by atoms with Gasteiger partial charge in [0.1, 0.15) is 11.6 Å². The van der Waals surface area contributed by atoms with Crippen molar-refractivity contribution in [3.63, 3.8) is 0 Å². The topological polar surface area (TPSA) is 75.3 Å². The normalized spacial score (nSPS) is 24.9. The van der Waals surface area contributed by atoms with Crippen molar-refractivity contribution in [2.75, 3.05) is 18.0 Å². The predicted octanol–water partition coefficient (Wildman–Crippen LogP) is 2.06. The number of halogens is 1. The SMILES string of the molecule is OC1(Cc2nc(C3CC3)no2)CCCN(c2ccc(F)cn2)C1. The second-order valence-corrected chi connectivity index (χ2v) is 6.58. The second-order valence-electron chi connectivity index (χ2n) is 6.58. The van der Waals surface area contributed by atoms with Crippen molar-refractivity contribution in [3.8, 4) is 0 Å². The van der Waals surface area contributed by atoms with Crippen LogP contribution in [0.1, 0.15) is 43.3 Å². The molecule has 6 nitrogen and oxygen atoms in total. The van der Waals surface area contributed by atoms with Gasteiger partial charge in [0.25, 0.3) is 0 Å². The number of aromatic nitrogens is 3. The highest BCUT2D eigenvalue weighted by molar-refractivity contribution is 5.39. The summed E-state index contributed by atoms with van der Waals surface area (Å²) < 4.78 is 18.3. The monoisotopic (exact) mass is 318 g/mol. The molecule has 0 radical (unpaired) electrons. The molecule has 1 aliphatic heterocycles. The van der Waals surface area contributed by atoms with E-state index in [4.69, 9.17) is 4.52 Å². The Morgan fingerprint density at radius 3 is 3.00 bits per heavy atom. The van der Waals surface area contributed by atoms with Crippen LogP contribution in [0, 0.1) is 5.82 Å². The van der Waals surface area contributed by atoms with E-state index in [0.717, 1.165) is 31.6 Å². The van der Waals surface area contributed by atoms with Crippen LogP contribution in [0.2, 0.25) is 0 Å². The van der Waals surface area contributed by atoms with Crippen LogP contribution >= 0.6 is 0 Å². The lowest BCUT2D eigenvalue weighted by atomic mass is 9.89. The molecule has 3 heterocycles. The Kier molecular flexibility index (Phi) is 3.52. The molecule has 2 aromatic heterocycles. The van der Waals surface area contributed by atoms with Crippen LogP contribution in [0.25, 0.3) is 0 Å². The number of anilines is 1. The summed E-state index contributed by atoms with van der Waals surface area (Å²) in [6.07, 6.45) is 5.28. The third kappa shape index (κ3) is 3.19. The smallest absolute Gasteiger partial charge is 0.229 e. The zero-order chi connectivity index (χ0) is 15.9. The van der Waals surface area contributed by atoms with Crippen molar-refractivity contribution in [1.29, 1.82) is 0 Å². The average Bonchev–Trinajstić information content (AvgIpc) is 3.28. The number of pyridine rings is 1. The Hall–Kier alpha value is -2.02. The van der Waals surface area contributed by atoms with Gasteiger partial charge in [-0.3, -0.25) is 0 Å². The lowest BCUT2D eigenvalue weighted by Crippen LogP contribution is -2.50. The summed E-state index contributed by atoms with van der Waals surface area (Å²) in [5.41, 5.74) is -0.929. The average molecular weight is 318 g/mol. The molecular formula is C16H19FN4O2. The maximum atomic E-state index is 13.0. The molecule has 1 aliphatic carbocycles. The highest BCUT2D eigenvalue weighted by Gasteiger charge is 2.37. The molecule has 0 bridgehead atoms. The number of aliphatic hydroxyl groups is 1. The molecule has 0 spiro atoms. The molecule has 2 aliphatic rings. The third-order valence-corrected chi connectivity index (χ3v) is 4.50. The molecule has 122 valence electrons. The first-order chi connectivity index (χ1) is 11.1. The quantitative estimate of drug-likeness (QED) is 0.930. The molecule has 1 saturated carbocycles. The van der Waals surface area contributed by atoms with Crippen LogP contribution in [-0.2, 0) is 6.42 Å². The first-order valence-corrected chi connectivity index (χ1v) is 8.03. The minimum absolute atomic E-state index is 0.338. The van der Waals surface area contributed by atoms with Crippen molar-refractivity contribution < 1.29 is 14.0 Å².